The van der Waals surface area contributed by atoms with Crippen LogP contribution in [-0.4, -0.2) is 33.4 Å². The van der Waals surface area contributed by atoms with E-state index in [1.54, 1.807) is 10.9 Å². The van der Waals surface area contributed by atoms with Gasteiger partial charge >= 0.3 is 0 Å². The van der Waals surface area contributed by atoms with Gasteiger partial charge in [-0.25, -0.2) is 0 Å². The van der Waals surface area contributed by atoms with Crippen molar-refractivity contribution in [3.8, 4) is 0 Å². The van der Waals surface area contributed by atoms with Gasteiger partial charge in [0.15, 0.2) is 0 Å². The van der Waals surface area contributed by atoms with Crippen molar-refractivity contribution >= 4 is 5.91 Å². The third kappa shape index (κ3) is 4.30. The lowest BCUT2D eigenvalue weighted by molar-refractivity contribution is 0.0641. The highest BCUT2D eigenvalue weighted by Crippen LogP contribution is 2.27. The highest BCUT2D eigenvalue weighted by atomic mass is 16.3. The second kappa shape index (κ2) is 7.59. The molecular formula is C16H27N3O2. The molecule has 21 heavy (non-hydrogen) atoms. The van der Waals surface area contributed by atoms with Crippen molar-refractivity contribution in [3.05, 3.63) is 17.5 Å². The maximum absolute atomic E-state index is 12.1. The summed E-state index contributed by atoms with van der Waals surface area (Å²) in [4.78, 5) is 12.1. The lowest BCUT2D eigenvalue weighted by atomic mass is 9.83. The van der Waals surface area contributed by atoms with E-state index in [0.717, 1.165) is 44.2 Å². The zero-order valence-electron chi connectivity index (χ0n) is 13.1. The molecule has 1 aliphatic rings. The molecule has 2 atom stereocenters. The number of hydrogen-bond acceptors (Lipinski definition) is 3. The molecular weight excluding hydrogens is 266 g/mol. The van der Waals surface area contributed by atoms with Crippen LogP contribution in [0.3, 0.4) is 0 Å². The Labute approximate surface area is 126 Å². The number of aliphatic hydroxyl groups is 1. The lowest BCUT2D eigenvalue weighted by Crippen LogP contribution is -2.28. The van der Waals surface area contributed by atoms with Gasteiger partial charge in [-0.1, -0.05) is 19.8 Å². The molecule has 2 N–H and O–H groups in total. The normalized spacial score (nSPS) is 22.2. The summed E-state index contributed by atoms with van der Waals surface area (Å²) in [7, 11) is 1.83. The average molecular weight is 293 g/mol. The number of aliphatic hydroxyl groups excluding tert-OH is 1. The zero-order valence-corrected chi connectivity index (χ0v) is 13.1. The minimum Gasteiger partial charge on any atom is -0.393 e. The Kier molecular flexibility index (Phi) is 5.79. The van der Waals surface area contributed by atoms with Crippen LogP contribution >= 0.6 is 0 Å². The SMILES string of the molecule is CCc1nn(C)cc1C(=O)NCCCC1CCCCC1O. The fourth-order valence-corrected chi connectivity index (χ4v) is 3.17. The fraction of sp³-hybridized carbons (Fsp3) is 0.750. The molecule has 0 spiro atoms. The molecule has 0 bridgehead atoms. The topological polar surface area (TPSA) is 67.2 Å². The first-order valence-electron chi connectivity index (χ1n) is 8.10. The third-order valence-electron chi connectivity index (χ3n) is 4.39. The fourth-order valence-electron chi connectivity index (χ4n) is 3.17. The Morgan fingerprint density at radius 1 is 1.48 bits per heavy atom. The predicted molar refractivity (Wildman–Crippen MR) is 82.1 cm³/mol. The van der Waals surface area contributed by atoms with Crippen molar-refractivity contribution in [2.45, 2.75) is 58.0 Å². The summed E-state index contributed by atoms with van der Waals surface area (Å²) < 4.78 is 1.69. The van der Waals surface area contributed by atoms with Gasteiger partial charge in [0, 0.05) is 19.8 Å². The van der Waals surface area contributed by atoms with Gasteiger partial charge in [-0.05, 0) is 38.0 Å². The summed E-state index contributed by atoms with van der Waals surface area (Å²) in [6.07, 6.45) is 8.75. The van der Waals surface area contributed by atoms with Crippen LogP contribution in [0.2, 0.25) is 0 Å². The first-order chi connectivity index (χ1) is 10.1. The van der Waals surface area contributed by atoms with Gasteiger partial charge in [-0.15, -0.1) is 0 Å². The van der Waals surface area contributed by atoms with Gasteiger partial charge < -0.3 is 10.4 Å². The van der Waals surface area contributed by atoms with E-state index in [0.29, 0.717) is 18.0 Å². The Hall–Kier alpha value is -1.36. The van der Waals surface area contributed by atoms with E-state index < -0.39 is 0 Å². The summed E-state index contributed by atoms with van der Waals surface area (Å²) in [6.45, 7) is 2.67. The summed E-state index contributed by atoms with van der Waals surface area (Å²) in [6, 6.07) is 0. The number of aromatic nitrogens is 2. The number of nitrogens with one attached hydrogen (secondary N) is 1. The van der Waals surface area contributed by atoms with Crippen molar-refractivity contribution in [1.82, 2.24) is 15.1 Å². The molecule has 2 rings (SSSR count). The van der Waals surface area contributed by atoms with Crippen molar-refractivity contribution in [3.63, 3.8) is 0 Å². The van der Waals surface area contributed by atoms with E-state index in [1.165, 1.54) is 6.42 Å². The van der Waals surface area contributed by atoms with E-state index in [2.05, 4.69) is 10.4 Å². The highest BCUT2D eigenvalue weighted by molar-refractivity contribution is 5.95. The van der Waals surface area contributed by atoms with Crippen LogP contribution in [0.1, 0.15) is 61.5 Å². The Morgan fingerprint density at radius 3 is 2.95 bits per heavy atom. The quantitative estimate of drug-likeness (QED) is 0.789. The van der Waals surface area contributed by atoms with E-state index in [1.807, 2.05) is 14.0 Å². The van der Waals surface area contributed by atoms with Crippen LogP contribution in [0.5, 0.6) is 0 Å². The molecule has 0 saturated heterocycles. The van der Waals surface area contributed by atoms with Gasteiger partial charge in [-0.3, -0.25) is 9.48 Å². The average Bonchev–Trinajstić information content (AvgIpc) is 2.86. The first-order valence-corrected chi connectivity index (χ1v) is 8.10. The van der Waals surface area contributed by atoms with Crippen molar-refractivity contribution < 1.29 is 9.90 Å². The molecule has 1 aromatic rings. The number of aryl methyl sites for hydroxylation is 2. The van der Waals surface area contributed by atoms with Crippen LogP contribution in [0, 0.1) is 5.92 Å². The number of rotatable bonds is 6. The van der Waals surface area contributed by atoms with Crippen LogP contribution in [0.15, 0.2) is 6.20 Å². The van der Waals surface area contributed by atoms with E-state index >= 15 is 0 Å². The maximum atomic E-state index is 12.1. The molecule has 0 aromatic carbocycles. The third-order valence-corrected chi connectivity index (χ3v) is 4.39. The molecule has 1 saturated carbocycles. The Bertz CT molecular complexity index is 470. The molecule has 5 heteroatoms. The van der Waals surface area contributed by atoms with Gasteiger partial charge in [0.05, 0.1) is 17.4 Å². The molecule has 1 fully saturated rings. The number of amides is 1. The summed E-state index contributed by atoms with van der Waals surface area (Å²) in [5, 5.41) is 17.2. The predicted octanol–water partition coefficient (Wildman–Crippen LogP) is 2.04. The van der Waals surface area contributed by atoms with E-state index in [4.69, 9.17) is 0 Å². The number of hydrogen-bond donors (Lipinski definition) is 2. The van der Waals surface area contributed by atoms with Crippen LogP contribution in [0.25, 0.3) is 0 Å². The molecule has 5 nitrogen and oxygen atoms in total. The molecule has 118 valence electrons. The molecule has 1 amide bonds. The Morgan fingerprint density at radius 2 is 2.24 bits per heavy atom. The number of carbonyl (C=O) groups excluding carboxylic acids is 1. The molecule has 2 unspecified atom stereocenters. The van der Waals surface area contributed by atoms with Crippen molar-refractivity contribution in [2.75, 3.05) is 6.54 Å². The molecule has 1 heterocycles. The minimum atomic E-state index is -0.139. The molecule has 0 radical (unpaired) electrons. The Balaban J connectivity index is 1.74. The van der Waals surface area contributed by atoms with Gasteiger partial charge in [0.2, 0.25) is 0 Å². The van der Waals surface area contributed by atoms with Gasteiger partial charge in [0.25, 0.3) is 5.91 Å². The van der Waals surface area contributed by atoms with Crippen LogP contribution < -0.4 is 5.32 Å². The highest BCUT2D eigenvalue weighted by Gasteiger charge is 2.22. The van der Waals surface area contributed by atoms with Crippen LogP contribution in [0.4, 0.5) is 0 Å². The minimum absolute atomic E-state index is 0.0378. The largest absolute Gasteiger partial charge is 0.393 e. The van der Waals surface area contributed by atoms with Gasteiger partial charge in [-0.2, -0.15) is 5.10 Å². The smallest absolute Gasteiger partial charge is 0.254 e. The van der Waals surface area contributed by atoms with Crippen LogP contribution in [-0.2, 0) is 13.5 Å². The van der Waals surface area contributed by atoms with Crippen molar-refractivity contribution in [2.24, 2.45) is 13.0 Å². The lowest BCUT2D eigenvalue weighted by Gasteiger charge is -2.27. The van der Waals surface area contributed by atoms with Crippen molar-refractivity contribution in [1.29, 1.82) is 0 Å². The number of carbonyl (C=O) groups is 1. The summed E-state index contributed by atoms with van der Waals surface area (Å²) in [5.74, 6) is 0.379. The standard InChI is InChI=1S/C16H27N3O2/c1-3-14-13(11-19(2)18-14)16(21)17-10-6-8-12-7-4-5-9-15(12)20/h11-12,15,20H,3-10H2,1-2H3,(H,17,21). The van der Waals surface area contributed by atoms with Gasteiger partial charge in [0.1, 0.15) is 0 Å². The molecule has 1 aliphatic carbocycles. The first kappa shape index (κ1) is 16.0. The van der Waals surface area contributed by atoms with E-state index in [9.17, 15) is 9.90 Å². The second-order valence-electron chi connectivity index (χ2n) is 6.03. The second-order valence-corrected chi connectivity index (χ2v) is 6.03. The summed E-state index contributed by atoms with van der Waals surface area (Å²) in [5.41, 5.74) is 1.52. The monoisotopic (exact) mass is 293 g/mol. The molecule has 1 aromatic heterocycles. The molecule has 0 aliphatic heterocycles. The van der Waals surface area contributed by atoms with E-state index in [-0.39, 0.29) is 12.0 Å². The number of nitrogens with zero attached hydrogens (tertiary/aromatic N) is 2. The zero-order chi connectivity index (χ0) is 15.2. The summed E-state index contributed by atoms with van der Waals surface area (Å²) >= 11 is 0. The maximum Gasteiger partial charge on any atom is 0.254 e.